The van der Waals surface area contributed by atoms with Gasteiger partial charge in [-0.05, 0) is 47.5 Å². The Morgan fingerprint density at radius 1 is 0.750 bits per heavy atom. The molecule has 6 nitrogen and oxygen atoms in total. The number of hydrazine groups is 1. The molecule has 3 aromatic carbocycles. The quantitative estimate of drug-likeness (QED) is 0.200. The molecule has 0 saturated heterocycles. The number of nitrogens with zero attached hydrogens (tertiary/aromatic N) is 2. The van der Waals surface area contributed by atoms with Crippen molar-refractivity contribution in [1.29, 1.82) is 0 Å². The van der Waals surface area contributed by atoms with Crippen LogP contribution >= 0.6 is 23.5 Å². The fraction of sp³-hybridized carbons (Fsp3) is 0.333. The summed E-state index contributed by atoms with van der Waals surface area (Å²) in [6.07, 6.45) is 1.20. The number of thioether (sulfide) groups is 2. The van der Waals surface area contributed by atoms with E-state index in [-0.39, 0.29) is 0 Å². The zero-order chi connectivity index (χ0) is 25.8. The van der Waals surface area contributed by atoms with Gasteiger partial charge in [0.2, 0.25) is 10.0 Å². The standard InChI is InChI=1S/C27H35N3O3S3/c1-29(2)25-13-9-23(10-14-25)21-34-19-17-30(28-36(3,31)32)18-20-35-22-24-11-15-27(16-12-24)33-26-7-5-4-6-8-26/h4-16,28H,17-22H2,1-3H3. The largest absolute Gasteiger partial charge is 0.457 e. The van der Waals surface area contributed by atoms with Gasteiger partial charge in [-0.2, -0.15) is 23.5 Å². The predicted molar refractivity (Wildman–Crippen MR) is 156 cm³/mol. The zero-order valence-electron chi connectivity index (χ0n) is 21.1. The van der Waals surface area contributed by atoms with Crippen LogP contribution in [0.2, 0.25) is 0 Å². The third-order valence-corrected chi connectivity index (χ3v) is 7.81. The lowest BCUT2D eigenvalue weighted by Crippen LogP contribution is -2.44. The first kappa shape index (κ1) is 28.4. The second-order valence-corrected chi connectivity index (χ2v) is 12.5. The SMILES string of the molecule is CN(C)c1ccc(CSCCN(CCSCc2ccc(Oc3ccccc3)cc2)NS(C)(=O)=O)cc1. The molecule has 0 fully saturated rings. The second kappa shape index (κ2) is 14.5. The van der Waals surface area contributed by atoms with Crippen molar-refractivity contribution < 1.29 is 13.2 Å². The maximum atomic E-state index is 11.8. The molecule has 0 unspecified atom stereocenters. The van der Waals surface area contributed by atoms with E-state index in [1.165, 1.54) is 23.1 Å². The number of sulfonamides is 1. The molecule has 3 aromatic rings. The lowest BCUT2D eigenvalue weighted by molar-refractivity contribution is 0.273. The minimum Gasteiger partial charge on any atom is -0.457 e. The summed E-state index contributed by atoms with van der Waals surface area (Å²) in [6, 6.07) is 26.3. The summed E-state index contributed by atoms with van der Waals surface area (Å²) in [5.74, 6) is 5.05. The van der Waals surface area contributed by atoms with Crippen molar-refractivity contribution in [2.75, 3.05) is 49.8 Å². The molecule has 0 amide bonds. The van der Waals surface area contributed by atoms with E-state index in [0.717, 1.165) is 34.5 Å². The molecule has 36 heavy (non-hydrogen) atoms. The molecule has 0 aromatic heterocycles. The highest BCUT2D eigenvalue weighted by Gasteiger charge is 2.11. The Balaban J connectivity index is 1.38. The lowest BCUT2D eigenvalue weighted by Gasteiger charge is -2.21. The van der Waals surface area contributed by atoms with E-state index in [9.17, 15) is 8.42 Å². The van der Waals surface area contributed by atoms with Gasteiger partial charge in [0.15, 0.2) is 0 Å². The number of ether oxygens (including phenoxy) is 1. The molecule has 0 radical (unpaired) electrons. The van der Waals surface area contributed by atoms with Gasteiger partial charge in [0.1, 0.15) is 11.5 Å². The average molecular weight is 546 g/mol. The number of benzene rings is 3. The van der Waals surface area contributed by atoms with E-state index >= 15 is 0 Å². The molecule has 0 aliphatic rings. The molecule has 0 spiro atoms. The maximum absolute atomic E-state index is 11.8. The van der Waals surface area contributed by atoms with E-state index < -0.39 is 10.0 Å². The fourth-order valence-electron chi connectivity index (χ4n) is 3.34. The van der Waals surface area contributed by atoms with Crippen molar-refractivity contribution in [1.82, 2.24) is 9.84 Å². The first-order chi connectivity index (χ1) is 17.3. The Labute approximate surface area is 224 Å². The van der Waals surface area contributed by atoms with Gasteiger partial charge in [0.25, 0.3) is 0 Å². The van der Waals surface area contributed by atoms with Crippen LogP contribution < -0.4 is 14.5 Å². The molecular formula is C27H35N3O3S3. The number of rotatable bonds is 15. The highest BCUT2D eigenvalue weighted by molar-refractivity contribution is 7.98. The van der Waals surface area contributed by atoms with Crippen molar-refractivity contribution in [2.24, 2.45) is 0 Å². The van der Waals surface area contributed by atoms with Crippen LogP contribution in [0.5, 0.6) is 11.5 Å². The van der Waals surface area contributed by atoms with E-state index in [4.69, 9.17) is 4.74 Å². The number of hydrogen-bond acceptors (Lipinski definition) is 7. The monoisotopic (exact) mass is 545 g/mol. The Morgan fingerprint density at radius 2 is 1.25 bits per heavy atom. The van der Waals surface area contributed by atoms with Crippen LogP contribution in [0.4, 0.5) is 5.69 Å². The first-order valence-electron chi connectivity index (χ1n) is 11.7. The summed E-state index contributed by atoms with van der Waals surface area (Å²) in [7, 11) is 0.755. The van der Waals surface area contributed by atoms with Gasteiger partial charge in [-0.3, -0.25) is 0 Å². The first-order valence-corrected chi connectivity index (χ1v) is 15.9. The van der Waals surface area contributed by atoms with Crippen molar-refractivity contribution in [3.05, 3.63) is 90.0 Å². The number of hydrogen-bond donors (Lipinski definition) is 1. The Morgan fingerprint density at radius 3 is 1.75 bits per heavy atom. The zero-order valence-corrected chi connectivity index (χ0v) is 23.5. The molecule has 1 N–H and O–H groups in total. The number of para-hydroxylation sites is 1. The lowest BCUT2D eigenvalue weighted by atomic mass is 10.2. The van der Waals surface area contributed by atoms with E-state index in [0.29, 0.717) is 13.1 Å². The van der Waals surface area contributed by atoms with Crippen LogP contribution in [0.15, 0.2) is 78.9 Å². The van der Waals surface area contributed by atoms with Crippen LogP contribution in [-0.2, 0) is 21.5 Å². The highest BCUT2D eigenvalue weighted by atomic mass is 32.2. The van der Waals surface area contributed by atoms with Crippen LogP contribution in [0.1, 0.15) is 11.1 Å². The smallest absolute Gasteiger partial charge is 0.221 e. The van der Waals surface area contributed by atoms with Gasteiger partial charge < -0.3 is 9.64 Å². The van der Waals surface area contributed by atoms with Crippen LogP contribution in [0, 0.1) is 0 Å². The number of anilines is 1. The van der Waals surface area contributed by atoms with Crippen molar-refractivity contribution in [3.63, 3.8) is 0 Å². The predicted octanol–water partition coefficient (Wildman–Crippen LogP) is 5.48. The van der Waals surface area contributed by atoms with Crippen LogP contribution in [-0.4, -0.2) is 58.4 Å². The third-order valence-electron chi connectivity index (χ3n) is 5.20. The van der Waals surface area contributed by atoms with E-state index in [2.05, 4.69) is 46.1 Å². The fourth-order valence-corrected chi connectivity index (χ4v) is 5.83. The van der Waals surface area contributed by atoms with Crippen molar-refractivity contribution in [2.45, 2.75) is 11.5 Å². The van der Waals surface area contributed by atoms with Crippen molar-refractivity contribution in [3.8, 4) is 11.5 Å². The van der Waals surface area contributed by atoms with Crippen molar-refractivity contribution >= 4 is 39.2 Å². The van der Waals surface area contributed by atoms with Gasteiger partial charge in [0, 0.05) is 55.9 Å². The number of nitrogens with one attached hydrogen (secondary N) is 1. The van der Waals surface area contributed by atoms with E-state index in [1.807, 2.05) is 56.6 Å². The van der Waals surface area contributed by atoms with Gasteiger partial charge >= 0.3 is 0 Å². The second-order valence-electron chi connectivity index (χ2n) is 8.58. The molecule has 0 heterocycles. The Hall–Kier alpha value is -2.17. The molecule has 0 atom stereocenters. The topological polar surface area (TPSA) is 61.9 Å². The Kier molecular flexibility index (Phi) is 11.5. The van der Waals surface area contributed by atoms with Gasteiger partial charge in [-0.25, -0.2) is 13.4 Å². The normalized spacial score (nSPS) is 11.6. The summed E-state index contributed by atoms with van der Waals surface area (Å²) in [5.41, 5.74) is 3.66. The average Bonchev–Trinajstić information content (AvgIpc) is 2.85. The summed E-state index contributed by atoms with van der Waals surface area (Å²) < 4.78 is 29.5. The molecule has 0 bridgehead atoms. The molecule has 194 valence electrons. The summed E-state index contributed by atoms with van der Waals surface area (Å²) >= 11 is 3.59. The molecule has 9 heteroatoms. The van der Waals surface area contributed by atoms with Gasteiger partial charge in [-0.15, -0.1) is 4.83 Å². The van der Waals surface area contributed by atoms with Gasteiger partial charge in [0.05, 0.1) is 6.26 Å². The third kappa shape index (κ3) is 10.8. The summed E-state index contributed by atoms with van der Waals surface area (Å²) in [5, 5.41) is 1.81. The molecule has 0 saturated carbocycles. The highest BCUT2D eigenvalue weighted by Crippen LogP contribution is 2.23. The molecule has 0 aliphatic carbocycles. The van der Waals surface area contributed by atoms with Crippen LogP contribution in [0.3, 0.4) is 0 Å². The maximum Gasteiger partial charge on any atom is 0.221 e. The van der Waals surface area contributed by atoms with Gasteiger partial charge in [-0.1, -0.05) is 42.5 Å². The minimum atomic E-state index is -3.31. The minimum absolute atomic E-state index is 0.644. The molecular weight excluding hydrogens is 511 g/mol. The molecule has 0 aliphatic heterocycles. The van der Waals surface area contributed by atoms with E-state index in [1.54, 1.807) is 28.5 Å². The summed E-state index contributed by atoms with van der Waals surface area (Å²) in [4.78, 5) is 4.74. The Bertz CT molecular complexity index is 1140. The summed E-state index contributed by atoms with van der Waals surface area (Å²) in [6.45, 7) is 1.30. The van der Waals surface area contributed by atoms with Crippen LogP contribution in [0.25, 0.3) is 0 Å². The molecule has 3 rings (SSSR count).